The van der Waals surface area contributed by atoms with Gasteiger partial charge in [0, 0.05) is 17.3 Å². The van der Waals surface area contributed by atoms with Crippen molar-refractivity contribution in [2.24, 2.45) is 0 Å². The first-order valence-electron chi connectivity index (χ1n) is 7.03. The zero-order valence-corrected chi connectivity index (χ0v) is 13.4. The summed E-state index contributed by atoms with van der Waals surface area (Å²) in [6.07, 6.45) is -1.16. The molecule has 9 heteroatoms. The molecule has 0 saturated heterocycles. The molecule has 0 bridgehead atoms. The third-order valence-electron chi connectivity index (χ3n) is 3.12. The van der Waals surface area contributed by atoms with Crippen molar-refractivity contribution in [1.82, 2.24) is 9.97 Å². The molecule has 128 valence electrons. The Labute approximate surface area is 144 Å². The van der Waals surface area contributed by atoms with Gasteiger partial charge in [0.25, 0.3) is 5.91 Å². The molecule has 0 unspecified atom stereocenters. The molecule has 0 spiro atoms. The Morgan fingerprint density at radius 1 is 1.08 bits per heavy atom. The molecule has 25 heavy (non-hydrogen) atoms. The van der Waals surface area contributed by atoms with Crippen molar-refractivity contribution in [3.05, 3.63) is 65.4 Å². The van der Waals surface area contributed by atoms with E-state index in [2.05, 4.69) is 20.6 Å². The average Bonchev–Trinajstić information content (AvgIpc) is 3.04. The maximum absolute atomic E-state index is 12.5. The predicted octanol–water partition coefficient (Wildman–Crippen LogP) is 4.55. The molecule has 5 nitrogen and oxygen atoms in total. The van der Waals surface area contributed by atoms with Gasteiger partial charge in [-0.25, -0.2) is 4.98 Å². The van der Waals surface area contributed by atoms with Crippen LogP contribution in [0.1, 0.15) is 16.1 Å². The minimum atomic E-state index is -4.41. The minimum absolute atomic E-state index is 0.163. The Kier molecular flexibility index (Phi) is 4.66. The number of hydrogen-bond acceptors (Lipinski definition) is 5. The van der Waals surface area contributed by atoms with E-state index in [1.165, 1.54) is 23.5 Å². The van der Waals surface area contributed by atoms with Gasteiger partial charge in [-0.3, -0.25) is 9.78 Å². The third kappa shape index (κ3) is 4.32. The molecular formula is C16H11F3N4OS. The van der Waals surface area contributed by atoms with Crippen LogP contribution in [0.4, 0.5) is 29.7 Å². The molecule has 3 aromatic rings. The van der Waals surface area contributed by atoms with Gasteiger partial charge in [0.15, 0.2) is 5.13 Å². The lowest BCUT2D eigenvalue weighted by Gasteiger charge is -2.08. The molecular weight excluding hydrogens is 353 g/mol. The van der Waals surface area contributed by atoms with Gasteiger partial charge in [-0.15, -0.1) is 11.3 Å². The fourth-order valence-electron chi connectivity index (χ4n) is 1.93. The Hall–Kier alpha value is -2.94. The van der Waals surface area contributed by atoms with Crippen molar-refractivity contribution in [2.45, 2.75) is 6.18 Å². The van der Waals surface area contributed by atoms with Crippen LogP contribution >= 0.6 is 11.3 Å². The molecule has 0 saturated carbocycles. The normalized spacial score (nSPS) is 11.2. The Morgan fingerprint density at radius 3 is 2.48 bits per heavy atom. The fourth-order valence-corrected chi connectivity index (χ4v) is 2.64. The molecule has 0 aliphatic heterocycles. The summed E-state index contributed by atoms with van der Waals surface area (Å²) in [6, 6.07) is 7.77. The van der Waals surface area contributed by atoms with Crippen molar-refractivity contribution in [1.29, 1.82) is 0 Å². The lowest BCUT2D eigenvalue weighted by atomic mass is 10.2. The van der Waals surface area contributed by atoms with Gasteiger partial charge < -0.3 is 10.6 Å². The van der Waals surface area contributed by atoms with E-state index in [0.717, 1.165) is 17.8 Å². The first-order chi connectivity index (χ1) is 11.9. The van der Waals surface area contributed by atoms with E-state index in [1.807, 2.05) is 0 Å². The summed E-state index contributed by atoms with van der Waals surface area (Å²) in [5.41, 5.74) is 0.373. The molecule has 0 fully saturated rings. The summed E-state index contributed by atoms with van der Waals surface area (Å²) in [5, 5.41) is 7.58. The summed E-state index contributed by atoms with van der Waals surface area (Å²) < 4.78 is 37.6. The van der Waals surface area contributed by atoms with Crippen molar-refractivity contribution in [2.75, 3.05) is 10.6 Å². The van der Waals surface area contributed by atoms with Crippen LogP contribution in [0, 0.1) is 0 Å². The molecule has 0 radical (unpaired) electrons. The van der Waals surface area contributed by atoms with Gasteiger partial charge in [0.2, 0.25) is 0 Å². The molecule has 2 aromatic heterocycles. The topological polar surface area (TPSA) is 66.9 Å². The van der Waals surface area contributed by atoms with E-state index in [0.29, 0.717) is 5.13 Å². The highest BCUT2D eigenvalue weighted by molar-refractivity contribution is 7.14. The maximum Gasteiger partial charge on any atom is 0.416 e. The van der Waals surface area contributed by atoms with E-state index >= 15 is 0 Å². The minimum Gasteiger partial charge on any atom is -0.330 e. The van der Waals surface area contributed by atoms with Crippen LogP contribution in [0.15, 0.2) is 54.2 Å². The Morgan fingerprint density at radius 2 is 1.84 bits per heavy atom. The highest BCUT2D eigenvalue weighted by Gasteiger charge is 2.30. The SMILES string of the molecule is O=C(Nc1ccc(C(F)(F)F)cc1)c1csc(Nc2cccnc2)n1. The van der Waals surface area contributed by atoms with Crippen LogP contribution in [0.5, 0.6) is 0 Å². The largest absolute Gasteiger partial charge is 0.416 e. The number of rotatable bonds is 4. The number of nitrogens with one attached hydrogen (secondary N) is 2. The van der Waals surface area contributed by atoms with Crippen LogP contribution in [0.3, 0.4) is 0 Å². The summed E-state index contributed by atoms with van der Waals surface area (Å²) >= 11 is 1.23. The van der Waals surface area contributed by atoms with Crippen LogP contribution in [0.25, 0.3) is 0 Å². The molecule has 0 atom stereocenters. The van der Waals surface area contributed by atoms with Crippen molar-refractivity contribution in [3.63, 3.8) is 0 Å². The number of thiazole rings is 1. The zero-order chi connectivity index (χ0) is 17.9. The quantitative estimate of drug-likeness (QED) is 0.713. The third-order valence-corrected chi connectivity index (χ3v) is 3.88. The van der Waals surface area contributed by atoms with Crippen LogP contribution < -0.4 is 10.6 Å². The summed E-state index contributed by atoms with van der Waals surface area (Å²) in [7, 11) is 0. The first-order valence-corrected chi connectivity index (χ1v) is 7.91. The number of carbonyl (C=O) groups excluding carboxylic acids is 1. The molecule has 1 amide bonds. The maximum atomic E-state index is 12.5. The van der Waals surface area contributed by atoms with Crippen LogP contribution in [0.2, 0.25) is 0 Å². The molecule has 0 aliphatic carbocycles. The number of aromatic nitrogens is 2. The zero-order valence-electron chi connectivity index (χ0n) is 12.5. The highest BCUT2D eigenvalue weighted by Crippen LogP contribution is 2.30. The molecule has 2 N–H and O–H groups in total. The van der Waals surface area contributed by atoms with E-state index < -0.39 is 17.6 Å². The van der Waals surface area contributed by atoms with Gasteiger partial charge in [-0.05, 0) is 36.4 Å². The summed E-state index contributed by atoms with van der Waals surface area (Å²) in [5.74, 6) is -0.504. The second-order valence-electron chi connectivity index (χ2n) is 4.93. The standard InChI is InChI=1S/C16H11F3N4OS/c17-16(18,19)10-3-5-11(6-4-10)21-14(24)13-9-25-15(23-13)22-12-2-1-7-20-8-12/h1-9H,(H,21,24)(H,22,23). The molecule has 0 aliphatic rings. The lowest BCUT2D eigenvalue weighted by Crippen LogP contribution is -2.13. The number of pyridine rings is 1. The van der Waals surface area contributed by atoms with E-state index in [-0.39, 0.29) is 11.4 Å². The van der Waals surface area contributed by atoms with E-state index in [4.69, 9.17) is 0 Å². The van der Waals surface area contributed by atoms with Crippen molar-refractivity contribution in [3.8, 4) is 0 Å². The smallest absolute Gasteiger partial charge is 0.330 e. The highest BCUT2D eigenvalue weighted by atomic mass is 32.1. The first kappa shape index (κ1) is 16.9. The van der Waals surface area contributed by atoms with Crippen molar-refractivity contribution >= 4 is 33.8 Å². The number of alkyl halides is 3. The molecule has 1 aromatic carbocycles. The fraction of sp³-hybridized carbons (Fsp3) is 0.0625. The number of benzene rings is 1. The lowest BCUT2D eigenvalue weighted by molar-refractivity contribution is -0.137. The van der Waals surface area contributed by atoms with Crippen molar-refractivity contribution < 1.29 is 18.0 Å². The Balaban J connectivity index is 1.66. The number of hydrogen-bond donors (Lipinski definition) is 2. The van der Waals surface area contributed by atoms with Crippen LogP contribution in [-0.4, -0.2) is 15.9 Å². The number of anilines is 3. The summed E-state index contributed by atoms with van der Waals surface area (Å²) in [4.78, 5) is 20.2. The molecule has 2 heterocycles. The van der Waals surface area contributed by atoms with E-state index in [1.54, 1.807) is 29.9 Å². The van der Waals surface area contributed by atoms with Crippen LogP contribution in [-0.2, 0) is 6.18 Å². The van der Waals surface area contributed by atoms with Gasteiger partial charge in [-0.2, -0.15) is 13.2 Å². The number of halogens is 3. The van der Waals surface area contributed by atoms with Gasteiger partial charge in [-0.1, -0.05) is 0 Å². The molecule has 3 rings (SSSR count). The monoisotopic (exact) mass is 364 g/mol. The second kappa shape index (κ2) is 6.89. The van der Waals surface area contributed by atoms with Gasteiger partial charge in [0.05, 0.1) is 17.4 Å². The Bertz CT molecular complexity index is 863. The van der Waals surface area contributed by atoms with Gasteiger partial charge >= 0.3 is 6.18 Å². The van der Waals surface area contributed by atoms with E-state index in [9.17, 15) is 18.0 Å². The average molecular weight is 364 g/mol. The van der Waals surface area contributed by atoms with Gasteiger partial charge in [0.1, 0.15) is 5.69 Å². The number of carbonyl (C=O) groups is 1. The number of nitrogens with zero attached hydrogens (tertiary/aromatic N) is 2. The predicted molar refractivity (Wildman–Crippen MR) is 89.0 cm³/mol. The second-order valence-corrected chi connectivity index (χ2v) is 5.79. The summed E-state index contributed by atoms with van der Waals surface area (Å²) in [6.45, 7) is 0. The number of amides is 1.